The van der Waals surface area contributed by atoms with Crippen LogP contribution in [-0.2, 0) is 4.79 Å². The molecule has 0 spiro atoms. The first-order valence-corrected chi connectivity index (χ1v) is 8.17. The van der Waals surface area contributed by atoms with Crippen LogP contribution in [0.3, 0.4) is 0 Å². The van der Waals surface area contributed by atoms with Gasteiger partial charge in [0.1, 0.15) is 0 Å². The molecule has 6 heteroatoms. The molecular formula is C17H17NO4S. The van der Waals surface area contributed by atoms with Crippen molar-refractivity contribution in [3.05, 3.63) is 52.2 Å². The number of hydrogen-bond donors (Lipinski definition) is 2. The van der Waals surface area contributed by atoms with Gasteiger partial charge in [-0.25, -0.2) is 0 Å². The Labute approximate surface area is 138 Å². The number of nitrogens with one attached hydrogen (secondary N) is 1. The van der Waals surface area contributed by atoms with Gasteiger partial charge in [-0.3, -0.25) is 4.79 Å². The summed E-state index contributed by atoms with van der Waals surface area (Å²) >= 11 is 1.51. The number of hydrogen-bond acceptors (Lipinski definition) is 5. The Balaban J connectivity index is 1.45. The van der Waals surface area contributed by atoms with Gasteiger partial charge in [-0.15, -0.1) is 11.3 Å². The molecule has 1 aromatic carbocycles. The summed E-state index contributed by atoms with van der Waals surface area (Å²) in [7, 11) is 0. The Morgan fingerprint density at radius 3 is 3.04 bits per heavy atom. The van der Waals surface area contributed by atoms with Crippen molar-refractivity contribution in [2.24, 2.45) is 0 Å². The van der Waals surface area contributed by atoms with E-state index in [4.69, 9.17) is 9.47 Å². The number of fused-ring (bicyclic) bond motifs is 1. The number of aliphatic hydroxyl groups excluding tert-OH is 1. The third-order valence-corrected chi connectivity index (χ3v) is 4.39. The molecule has 3 rings (SSSR count). The first-order chi connectivity index (χ1) is 11.2. The van der Waals surface area contributed by atoms with Crippen LogP contribution in [0.2, 0.25) is 0 Å². The Hall–Kier alpha value is -2.31. The van der Waals surface area contributed by atoms with Crippen LogP contribution in [0, 0.1) is 0 Å². The van der Waals surface area contributed by atoms with E-state index in [0.717, 1.165) is 10.4 Å². The highest BCUT2D eigenvalue weighted by Gasteiger charge is 2.12. The summed E-state index contributed by atoms with van der Waals surface area (Å²) in [6.07, 6.45) is 3.14. The van der Waals surface area contributed by atoms with Gasteiger partial charge in [0.05, 0.1) is 6.10 Å². The van der Waals surface area contributed by atoms with E-state index in [1.165, 1.54) is 17.4 Å². The molecule has 0 radical (unpaired) electrons. The van der Waals surface area contributed by atoms with Crippen LogP contribution in [0.15, 0.2) is 41.8 Å². The van der Waals surface area contributed by atoms with Crippen molar-refractivity contribution in [2.75, 3.05) is 13.3 Å². The lowest BCUT2D eigenvalue weighted by Gasteiger charge is -2.08. The molecule has 120 valence electrons. The van der Waals surface area contributed by atoms with Gasteiger partial charge in [0.25, 0.3) is 0 Å². The molecule has 23 heavy (non-hydrogen) atoms. The minimum atomic E-state index is -0.534. The van der Waals surface area contributed by atoms with Crippen molar-refractivity contribution in [1.82, 2.24) is 5.32 Å². The Morgan fingerprint density at radius 1 is 1.35 bits per heavy atom. The van der Waals surface area contributed by atoms with E-state index in [9.17, 15) is 9.90 Å². The number of carbonyl (C=O) groups is 1. The molecule has 5 nitrogen and oxygen atoms in total. The summed E-state index contributed by atoms with van der Waals surface area (Å²) in [5.74, 6) is 1.21. The highest BCUT2D eigenvalue weighted by atomic mass is 32.1. The van der Waals surface area contributed by atoms with Crippen molar-refractivity contribution in [2.45, 2.75) is 12.5 Å². The topological polar surface area (TPSA) is 67.8 Å². The van der Waals surface area contributed by atoms with Crippen molar-refractivity contribution in [3.63, 3.8) is 0 Å². The minimum Gasteiger partial charge on any atom is -0.454 e. The quantitative estimate of drug-likeness (QED) is 0.799. The summed E-state index contributed by atoms with van der Waals surface area (Å²) in [5, 5.41) is 14.6. The highest BCUT2D eigenvalue weighted by molar-refractivity contribution is 7.10. The number of ether oxygens (including phenoxy) is 2. The first-order valence-electron chi connectivity index (χ1n) is 7.29. The second-order valence-electron chi connectivity index (χ2n) is 5.06. The Morgan fingerprint density at radius 2 is 2.22 bits per heavy atom. The number of thiophene rings is 1. The van der Waals surface area contributed by atoms with Gasteiger partial charge in [0.2, 0.25) is 12.7 Å². The second kappa shape index (κ2) is 7.30. The van der Waals surface area contributed by atoms with E-state index in [-0.39, 0.29) is 12.7 Å². The average Bonchev–Trinajstić information content (AvgIpc) is 3.23. The summed E-state index contributed by atoms with van der Waals surface area (Å²) in [6, 6.07) is 9.29. The van der Waals surface area contributed by atoms with Crippen molar-refractivity contribution < 1.29 is 19.4 Å². The number of benzene rings is 1. The van der Waals surface area contributed by atoms with Gasteiger partial charge in [-0.05, 0) is 41.6 Å². The zero-order valence-corrected chi connectivity index (χ0v) is 13.2. The second-order valence-corrected chi connectivity index (χ2v) is 6.04. The number of amides is 1. The smallest absolute Gasteiger partial charge is 0.244 e. The highest BCUT2D eigenvalue weighted by Crippen LogP contribution is 2.32. The van der Waals surface area contributed by atoms with Crippen LogP contribution in [0.5, 0.6) is 11.5 Å². The third kappa shape index (κ3) is 4.12. The molecule has 2 N–H and O–H groups in total. The lowest BCUT2D eigenvalue weighted by atomic mass is 10.2. The van der Waals surface area contributed by atoms with Gasteiger partial charge in [0.15, 0.2) is 11.5 Å². The van der Waals surface area contributed by atoms with E-state index in [0.29, 0.717) is 24.5 Å². The predicted octanol–water partition coefficient (Wildman–Crippen LogP) is 2.73. The van der Waals surface area contributed by atoms with Crippen LogP contribution in [-0.4, -0.2) is 24.4 Å². The number of aliphatic hydroxyl groups is 1. The van der Waals surface area contributed by atoms with Gasteiger partial charge in [0, 0.05) is 17.5 Å². The summed E-state index contributed by atoms with van der Waals surface area (Å²) in [6.45, 7) is 0.652. The maximum atomic E-state index is 11.8. The average molecular weight is 331 g/mol. The maximum Gasteiger partial charge on any atom is 0.244 e. The summed E-state index contributed by atoms with van der Waals surface area (Å²) in [4.78, 5) is 12.7. The normalized spacial score (nSPS) is 14.1. The predicted molar refractivity (Wildman–Crippen MR) is 88.5 cm³/mol. The fourth-order valence-electron chi connectivity index (χ4n) is 2.20. The number of rotatable bonds is 6. The summed E-state index contributed by atoms with van der Waals surface area (Å²) in [5.41, 5.74) is 0.864. The standard InChI is InChI=1S/C17H17NO4S/c19-13(16-2-1-9-23-16)7-8-18-17(20)6-4-12-3-5-14-15(10-12)22-11-21-14/h1-6,9-10,13,19H,7-8,11H2,(H,18,20)/b6-4+. The fraction of sp³-hybridized carbons (Fsp3) is 0.235. The largest absolute Gasteiger partial charge is 0.454 e. The summed E-state index contributed by atoms with van der Waals surface area (Å²) < 4.78 is 10.5. The molecule has 1 unspecified atom stereocenters. The van der Waals surface area contributed by atoms with E-state index < -0.39 is 6.10 Å². The zero-order valence-electron chi connectivity index (χ0n) is 12.4. The molecule has 0 aliphatic carbocycles. The molecule has 1 aliphatic rings. The Bertz CT molecular complexity index is 697. The fourth-order valence-corrected chi connectivity index (χ4v) is 2.95. The van der Waals surface area contributed by atoms with Crippen LogP contribution in [0.25, 0.3) is 6.08 Å². The first kappa shape index (κ1) is 15.6. The molecular weight excluding hydrogens is 314 g/mol. The molecule has 0 bridgehead atoms. The molecule has 0 fully saturated rings. The van der Waals surface area contributed by atoms with Crippen molar-refractivity contribution in [3.8, 4) is 11.5 Å². The lowest BCUT2D eigenvalue weighted by molar-refractivity contribution is -0.116. The van der Waals surface area contributed by atoms with Crippen molar-refractivity contribution in [1.29, 1.82) is 0 Å². The molecule has 0 saturated heterocycles. The molecule has 2 heterocycles. The zero-order chi connectivity index (χ0) is 16.1. The van der Waals surface area contributed by atoms with Crippen LogP contribution >= 0.6 is 11.3 Å². The molecule has 1 amide bonds. The maximum absolute atomic E-state index is 11.8. The van der Waals surface area contributed by atoms with E-state index in [2.05, 4.69) is 5.32 Å². The van der Waals surface area contributed by atoms with Gasteiger partial charge < -0.3 is 19.9 Å². The van der Waals surface area contributed by atoms with E-state index in [1.807, 2.05) is 35.7 Å². The SMILES string of the molecule is O=C(/C=C/c1ccc2c(c1)OCO2)NCCC(O)c1cccs1. The third-order valence-electron chi connectivity index (χ3n) is 3.41. The van der Waals surface area contributed by atoms with Crippen LogP contribution < -0.4 is 14.8 Å². The van der Waals surface area contributed by atoms with Gasteiger partial charge in [-0.2, -0.15) is 0 Å². The molecule has 0 saturated carbocycles. The molecule has 1 aliphatic heterocycles. The van der Waals surface area contributed by atoms with E-state index >= 15 is 0 Å². The van der Waals surface area contributed by atoms with E-state index in [1.54, 1.807) is 6.08 Å². The van der Waals surface area contributed by atoms with Crippen LogP contribution in [0.4, 0.5) is 0 Å². The van der Waals surface area contributed by atoms with Crippen LogP contribution in [0.1, 0.15) is 23.0 Å². The molecule has 2 aromatic rings. The molecule has 1 atom stereocenters. The van der Waals surface area contributed by atoms with Crippen molar-refractivity contribution >= 4 is 23.3 Å². The lowest BCUT2D eigenvalue weighted by Crippen LogP contribution is -2.23. The minimum absolute atomic E-state index is 0.193. The number of carbonyl (C=O) groups excluding carboxylic acids is 1. The van der Waals surface area contributed by atoms with Gasteiger partial charge >= 0.3 is 0 Å². The monoisotopic (exact) mass is 331 g/mol. The molecule has 1 aromatic heterocycles. The van der Waals surface area contributed by atoms with Gasteiger partial charge in [-0.1, -0.05) is 12.1 Å². The Kier molecular flexibility index (Phi) is 4.95.